The maximum atomic E-state index is 14.6. The fraction of sp³-hybridized carbons (Fsp3) is 0.396. The number of hydrogen-bond acceptors (Lipinski definition) is 7. The van der Waals surface area contributed by atoms with Crippen molar-refractivity contribution in [2.45, 2.75) is 107 Å². The van der Waals surface area contributed by atoms with Crippen molar-refractivity contribution in [3.63, 3.8) is 0 Å². The highest BCUT2D eigenvalue weighted by atomic mass is 16.2. The number of nitrogens with two attached hydrogens (primary N) is 3. The summed E-state index contributed by atoms with van der Waals surface area (Å²) in [5.41, 5.74) is 17.9. The predicted molar refractivity (Wildman–Crippen MR) is 244 cm³/mol. The lowest BCUT2D eigenvalue weighted by atomic mass is 9.73. The van der Waals surface area contributed by atoms with Crippen LogP contribution in [0.15, 0.2) is 108 Å². The van der Waals surface area contributed by atoms with Gasteiger partial charge in [-0.1, -0.05) is 110 Å². The number of guanidine groups is 1. The molecule has 1 aliphatic rings. The molecule has 1 saturated carbocycles. The molecular formula is C48H61N9O6. The molecule has 0 heterocycles. The highest BCUT2D eigenvalue weighted by molar-refractivity contribution is 5.97. The third-order valence-corrected chi connectivity index (χ3v) is 11.4. The average Bonchev–Trinajstić information content (AvgIpc) is 3.27. The van der Waals surface area contributed by atoms with Crippen LogP contribution in [0.25, 0.3) is 10.8 Å². The summed E-state index contributed by atoms with van der Waals surface area (Å²) in [7, 11) is 0. The van der Waals surface area contributed by atoms with Crippen molar-refractivity contribution < 1.29 is 28.8 Å². The molecule has 0 aromatic heterocycles. The first-order valence-electron chi connectivity index (χ1n) is 21.8. The van der Waals surface area contributed by atoms with Gasteiger partial charge in [0.1, 0.15) is 23.7 Å². The lowest BCUT2D eigenvalue weighted by Gasteiger charge is -2.40. The van der Waals surface area contributed by atoms with Crippen LogP contribution in [0.4, 0.5) is 0 Å². The molecule has 1 unspecified atom stereocenters. The molecule has 1 aliphatic carbocycles. The van der Waals surface area contributed by atoms with Crippen LogP contribution in [0.2, 0.25) is 0 Å². The van der Waals surface area contributed by atoms with E-state index in [4.69, 9.17) is 17.2 Å². The highest BCUT2D eigenvalue weighted by Gasteiger charge is 2.44. The van der Waals surface area contributed by atoms with Gasteiger partial charge in [-0.15, -0.1) is 0 Å². The van der Waals surface area contributed by atoms with Gasteiger partial charge in [-0.3, -0.25) is 33.8 Å². The zero-order chi connectivity index (χ0) is 45.2. The van der Waals surface area contributed by atoms with Crippen LogP contribution in [0, 0.1) is 0 Å². The first-order chi connectivity index (χ1) is 30.4. The van der Waals surface area contributed by atoms with Gasteiger partial charge >= 0.3 is 0 Å². The minimum absolute atomic E-state index is 0.0366. The number of nitrogens with zero attached hydrogens (tertiary/aromatic N) is 1. The number of carbonyl (C=O) groups is 6. The molecule has 0 aliphatic heterocycles. The lowest BCUT2D eigenvalue weighted by molar-refractivity contribution is -0.138. The summed E-state index contributed by atoms with van der Waals surface area (Å²) in [5.74, 6) is -3.10. The molecule has 0 spiro atoms. The number of carbonyl (C=O) groups excluding carboxylic acids is 6. The van der Waals surface area contributed by atoms with Crippen molar-refractivity contribution in [3.8, 4) is 0 Å². The molecule has 15 nitrogen and oxygen atoms in total. The van der Waals surface area contributed by atoms with Gasteiger partial charge in [0.25, 0.3) is 0 Å². The lowest BCUT2D eigenvalue weighted by Crippen LogP contribution is -2.64. The van der Waals surface area contributed by atoms with Crippen LogP contribution in [0.3, 0.4) is 0 Å². The van der Waals surface area contributed by atoms with E-state index in [0.717, 1.165) is 21.9 Å². The van der Waals surface area contributed by atoms with Gasteiger partial charge < -0.3 is 43.8 Å². The Balaban J connectivity index is 1.41. The summed E-state index contributed by atoms with van der Waals surface area (Å²) in [6, 6.07) is 29.3. The summed E-state index contributed by atoms with van der Waals surface area (Å²) >= 11 is 0. The normalized spacial score (nSPS) is 17.3. The Hall–Kier alpha value is -6.77. The molecule has 4 aromatic carbocycles. The van der Waals surface area contributed by atoms with Crippen LogP contribution in [-0.2, 0) is 41.6 Å². The zero-order valence-corrected chi connectivity index (χ0v) is 35.9. The second-order valence-corrected chi connectivity index (χ2v) is 16.2. The highest BCUT2D eigenvalue weighted by Crippen LogP contribution is 2.38. The summed E-state index contributed by atoms with van der Waals surface area (Å²) in [5, 5.41) is 16.4. The van der Waals surface area contributed by atoms with E-state index in [-0.39, 0.29) is 69.4 Å². The molecule has 6 amide bonds. The Morgan fingerprint density at radius 1 is 0.683 bits per heavy atom. The van der Waals surface area contributed by atoms with E-state index < -0.39 is 53.2 Å². The van der Waals surface area contributed by atoms with Crippen LogP contribution >= 0.6 is 0 Å². The van der Waals surface area contributed by atoms with Crippen LogP contribution in [0.1, 0.15) is 87.3 Å². The number of hydrogen-bond donors (Lipinski definition) is 8. The van der Waals surface area contributed by atoms with E-state index in [2.05, 4.69) is 43.7 Å². The van der Waals surface area contributed by atoms with Crippen LogP contribution in [-0.4, -0.2) is 78.2 Å². The Morgan fingerprint density at radius 2 is 1.29 bits per heavy atom. The second kappa shape index (κ2) is 23.4. The summed E-state index contributed by atoms with van der Waals surface area (Å²) in [6.07, 6.45) is 3.29. The van der Waals surface area contributed by atoms with Crippen molar-refractivity contribution in [2.24, 2.45) is 22.2 Å². The van der Waals surface area contributed by atoms with Gasteiger partial charge in [-0.05, 0) is 78.3 Å². The number of primary amides is 1. The molecule has 3 atom stereocenters. The first-order valence-corrected chi connectivity index (χ1v) is 21.8. The maximum Gasteiger partial charge on any atom is 0.246 e. The zero-order valence-electron chi connectivity index (χ0n) is 35.9. The van der Waals surface area contributed by atoms with Crippen LogP contribution < -0.4 is 43.8 Å². The van der Waals surface area contributed by atoms with Crippen LogP contribution in [0.5, 0.6) is 0 Å². The monoisotopic (exact) mass is 859 g/mol. The van der Waals surface area contributed by atoms with E-state index >= 15 is 0 Å². The molecule has 63 heavy (non-hydrogen) atoms. The molecule has 5 rings (SSSR count). The number of fused-ring (bicyclic) bond motifs is 1. The number of rotatable bonds is 22. The molecule has 334 valence electrons. The molecule has 11 N–H and O–H groups in total. The van der Waals surface area contributed by atoms with Gasteiger partial charge in [-0.25, -0.2) is 0 Å². The van der Waals surface area contributed by atoms with Crippen molar-refractivity contribution in [1.82, 2.24) is 26.6 Å². The Labute approximate surface area is 368 Å². The quantitative estimate of drug-likeness (QED) is 0.0330. The molecule has 1 fully saturated rings. The maximum absolute atomic E-state index is 14.6. The second-order valence-electron chi connectivity index (χ2n) is 16.2. The largest absolute Gasteiger partial charge is 0.370 e. The van der Waals surface area contributed by atoms with Gasteiger partial charge in [-0.2, -0.15) is 0 Å². The number of benzene rings is 4. The summed E-state index contributed by atoms with van der Waals surface area (Å²) in [4.78, 5) is 85.8. The smallest absolute Gasteiger partial charge is 0.246 e. The number of nitrogens with one attached hydrogen (secondary N) is 5. The number of amides is 6. The molecular weight excluding hydrogens is 799 g/mol. The summed E-state index contributed by atoms with van der Waals surface area (Å²) in [6.45, 7) is 2.01. The SMILES string of the molecule is CCCC(=O)NC1(C(=O)N[C@H](Cc2ccccc2)C(=O)N[C@@H](CCCN=C(N)N)C(=O)NC(Cc2ccc3ccccc3c2)C(=O)NCCC(N)=O)CCC(c2ccccc2)CC1. The summed E-state index contributed by atoms with van der Waals surface area (Å²) < 4.78 is 0. The third kappa shape index (κ3) is 14.4. The molecule has 0 radical (unpaired) electrons. The predicted octanol–water partition coefficient (Wildman–Crippen LogP) is 3.14. The molecule has 0 saturated heterocycles. The fourth-order valence-corrected chi connectivity index (χ4v) is 8.05. The first kappa shape index (κ1) is 47.3. The average molecular weight is 860 g/mol. The molecule has 15 heteroatoms. The van der Waals surface area contributed by atoms with E-state index in [1.807, 2.05) is 97.9 Å². The number of aliphatic imine (C=N–C) groups is 1. The Kier molecular flexibility index (Phi) is 17.6. The van der Waals surface area contributed by atoms with Crippen molar-refractivity contribution >= 4 is 52.2 Å². The molecule has 0 bridgehead atoms. The topological polar surface area (TPSA) is 253 Å². The van der Waals surface area contributed by atoms with Gasteiger partial charge in [0.2, 0.25) is 35.4 Å². The van der Waals surface area contributed by atoms with Crippen molar-refractivity contribution in [1.29, 1.82) is 0 Å². The van der Waals surface area contributed by atoms with Gasteiger partial charge in [0.15, 0.2) is 5.96 Å². The fourth-order valence-electron chi connectivity index (χ4n) is 8.05. The molecule has 4 aromatic rings. The minimum Gasteiger partial charge on any atom is -0.370 e. The standard InChI is InChI=1S/C48H61N9O6/c1-2-12-42(59)57-48(25-22-36(23-26-48)34-15-7-4-8-16-34)46(63)56-40(30-32-13-5-3-6-14-32)45(62)54-38(19-11-27-53-47(50)51)44(61)55-39(43(60)52-28-24-41(49)58)31-33-20-21-35-17-9-10-18-37(35)29-33/h3-10,13-18,20-21,29,36,38-40H,2,11-12,19,22-28,30-31H2,1H3,(H2,49,58)(H,52,60)(H,54,62)(H,55,61)(H,56,63)(H,57,59)(H4,50,51,53)/t36?,38-,39?,40+,48?/m0/s1. The van der Waals surface area contributed by atoms with Gasteiger partial charge in [0.05, 0.1) is 0 Å². The van der Waals surface area contributed by atoms with Crippen molar-refractivity contribution in [2.75, 3.05) is 13.1 Å². The van der Waals surface area contributed by atoms with Gasteiger partial charge in [0, 0.05) is 38.8 Å². The van der Waals surface area contributed by atoms with E-state index in [1.165, 1.54) is 5.56 Å². The minimum atomic E-state index is -1.26. The van der Waals surface area contributed by atoms with Crippen molar-refractivity contribution in [3.05, 3.63) is 120 Å². The third-order valence-electron chi connectivity index (χ3n) is 11.4. The van der Waals surface area contributed by atoms with E-state index in [9.17, 15) is 28.8 Å². The van der Waals surface area contributed by atoms with E-state index in [0.29, 0.717) is 32.1 Å². The Bertz CT molecular complexity index is 2210. The Morgan fingerprint density at radius 3 is 1.95 bits per heavy atom. The van der Waals surface area contributed by atoms with E-state index in [1.54, 1.807) is 0 Å².